The van der Waals surface area contributed by atoms with E-state index in [1.54, 1.807) is 0 Å². The van der Waals surface area contributed by atoms with Crippen molar-refractivity contribution in [3.8, 4) is 0 Å². The Morgan fingerprint density at radius 3 is 2.81 bits per heavy atom. The second-order valence-corrected chi connectivity index (χ2v) is 7.43. The molecule has 1 amide bonds. The van der Waals surface area contributed by atoms with E-state index in [2.05, 4.69) is 34.8 Å². The lowest BCUT2D eigenvalue weighted by Gasteiger charge is -2.24. The molecule has 27 heavy (non-hydrogen) atoms. The van der Waals surface area contributed by atoms with Crippen LogP contribution in [0, 0.1) is 0 Å². The topological polar surface area (TPSA) is 74.8 Å². The molecule has 6 heteroatoms. The first-order valence-corrected chi connectivity index (χ1v) is 10.0. The number of nitrogens with one attached hydrogen (secondary N) is 3. The Balaban J connectivity index is 1.98. The number of guanidine groups is 1. The third-order valence-corrected chi connectivity index (χ3v) is 4.87. The molecule has 1 saturated heterocycles. The Labute approximate surface area is 163 Å². The maximum Gasteiger partial charge on any atom is 0.251 e. The standard InChI is InChI=1S/C21H34N4O2/c1-5-16(3)25-19(26)18-10-7-9-17(13-18)14-23-20(22-6-2)24-15-21(4)11-8-12-27-21/h7,9-10,13,16H,5-6,8,11-12,14-15H2,1-4H3,(H,25,26)(H2,22,23,24). The van der Waals surface area contributed by atoms with Gasteiger partial charge in [-0.3, -0.25) is 4.79 Å². The molecule has 2 unspecified atom stereocenters. The van der Waals surface area contributed by atoms with Crippen molar-refractivity contribution in [2.24, 2.45) is 4.99 Å². The Morgan fingerprint density at radius 2 is 2.15 bits per heavy atom. The van der Waals surface area contributed by atoms with Crippen LogP contribution in [0.25, 0.3) is 0 Å². The van der Waals surface area contributed by atoms with Crippen molar-refractivity contribution in [2.75, 3.05) is 19.7 Å². The smallest absolute Gasteiger partial charge is 0.251 e. The van der Waals surface area contributed by atoms with Crippen LogP contribution in [0.2, 0.25) is 0 Å². The molecule has 1 heterocycles. The summed E-state index contributed by atoms with van der Waals surface area (Å²) in [6.07, 6.45) is 3.08. The lowest BCUT2D eigenvalue weighted by molar-refractivity contribution is 0.0242. The summed E-state index contributed by atoms with van der Waals surface area (Å²) >= 11 is 0. The Kier molecular flexibility index (Phi) is 8.10. The predicted molar refractivity (Wildman–Crippen MR) is 110 cm³/mol. The highest BCUT2D eigenvalue weighted by Crippen LogP contribution is 2.23. The average Bonchev–Trinajstić information content (AvgIpc) is 3.11. The molecule has 0 spiro atoms. The molecule has 1 aliphatic rings. The SMILES string of the molecule is CCNC(=NCc1cccc(C(=O)NC(C)CC)c1)NCC1(C)CCCO1. The van der Waals surface area contributed by atoms with E-state index >= 15 is 0 Å². The van der Waals surface area contributed by atoms with Crippen LogP contribution in [0.5, 0.6) is 0 Å². The molecule has 0 aliphatic carbocycles. The molecule has 1 fully saturated rings. The summed E-state index contributed by atoms with van der Waals surface area (Å²) in [5.41, 5.74) is 1.56. The van der Waals surface area contributed by atoms with Crippen molar-refractivity contribution >= 4 is 11.9 Å². The molecular weight excluding hydrogens is 340 g/mol. The number of carbonyl (C=O) groups excluding carboxylic acids is 1. The van der Waals surface area contributed by atoms with Gasteiger partial charge in [-0.25, -0.2) is 4.99 Å². The first-order valence-electron chi connectivity index (χ1n) is 10.0. The molecule has 1 aliphatic heterocycles. The van der Waals surface area contributed by atoms with E-state index in [9.17, 15) is 4.79 Å². The fraction of sp³-hybridized carbons (Fsp3) is 0.619. The van der Waals surface area contributed by atoms with Gasteiger partial charge < -0.3 is 20.7 Å². The summed E-state index contributed by atoms with van der Waals surface area (Å²) in [5, 5.41) is 9.65. The highest BCUT2D eigenvalue weighted by molar-refractivity contribution is 5.94. The second-order valence-electron chi connectivity index (χ2n) is 7.43. The van der Waals surface area contributed by atoms with E-state index in [1.165, 1.54) is 0 Å². The molecule has 2 atom stereocenters. The maximum atomic E-state index is 12.3. The summed E-state index contributed by atoms with van der Waals surface area (Å²) in [6, 6.07) is 7.82. The van der Waals surface area contributed by atoms with Gasteiger partial charge >= 0.3 is 0 Å². The molecule has 0 aromatic heterocycles. The Bertz CT molecular complexity index is 639. The number of ether oxygens (including phenoxy) is 1. The van der Waals surface area contributed by atoms with Crippen molar-refractivity contribution in [1.29, 1.82) is 0 Å². The number of nitrogens with zero attached hydrogens (tertiary/aromatic N) is 1. The minimum atomic E-state index is -0.121. The number of amides is 1. The van der Waals surface area contributed by atoms with Gasteiger partial charge in [0.15, 0.2) is 5.96 Å². The van der Waals surface area contributed by atoms with Gasteiger partial charge in [0.2, 0.25) is 0 Å². The van der Waals surface area contributed by atoms with Gasteiger partial charge in [0.25, 0.3) is 5.91 Å². The van der Waals surface area contributed by atoms with Crippen LogP contribution in [0.3, 0.4) is 0 Å². The van der Waals surface area contributed by atoms with E-state index in [-0.39, 0.29) is 17.6 Å². The van der Waals surface area contributed by atoms with E-state index in [0.29, 0.717) is 12.1 Å². The van der Waals surface area contributed by atoms with Gasteiger partial charge in [0.1, 0.15) is 0 Å². The minimum absolute atomic E-state index is 0.0356. The first kappa shape index (κ1) is 21.2. The molecule has 1 aromatic carbocycles. The number of carbonyl (C=O) groups is 1. The lowest BCUT2D eigenvalue weighted by atomic mass is 10.0. The summed E-state index contributed by atoms with van der Waals surface area (Å²) in [6.45, 7) is 11.1. The van der Waals surface area contributed by atoms with Crippen molar-refractivity contribution in [1.82, 2.24) is 16.0 Å². The molecule has 2 rings (SSSR count). The fourth-order valence-electron chi connectivity index (χ4n) is 2.98. The average molecular weight is 375 g/mol. The second kappa shape index (κ2) is 10.3. The number of benzene rings is 1. The fourth-order valence-corrected chi connectivity index (χ4v) is 2.98. The zero-order valence-corrected chi connectivity index (χ0v) is 17.1. The third kappa shape index (κ3) is 6.86. The lowest BCUT2D eigenvalue weighted by Crippen LogP contribution is -2.45. The van der Waals surface area contributed by atoms with Crippen LogP contribution in [0.1, 0.15) is 62.9 Å². The van der Waals surface area contributed by atoms with Crippen molar-refractivity contribution < 1.29 is 9.53 Å². The summed E-state index contributed by atoms with van der Waals surface area (Å²) in [5.74, 6) is 0.732. The van der Waals surface area contributed by atoms with Gasteiger partial charge in [-0.05, 0) is 57.7 Å². The van der Waals surface area contributed by atoms with Crippen LogP contribution in [0.15, 0.2) is 29.3 Å². The largest absolute Gasteiger partial charge is 0.373 e. The van der Waals surface area contributed by atoms with Crippen LogP contribution in [-0.4, -0.2) is 43.2 Å². The van der Waals surface area contributed by atoms with Gasteiger partial charge in [-0.2, -0.15) is 0 Å². The van der Waals surface area contributed by atoms with Gasteiger partial charge in [-0.15, -0.1) is 0 Å². The van der Waals surface area contributed by atoms with Crippen LogP contribution < -0.4 is 16.0 Å². The number of hydrogen-bond acceptors (Lipinski definition) is 3. The zero-order chi connectivity index (χ0) is 19.7. The maximum absolute atomic E-state index is 12.3. The molecule has 0 saturated carbocycles. The molecule has 1 aromatic rings. The van der Waals surface area contributed by atoms with E-state index in [0.717, 1.165) is 50.5 Å². The monoisotopic (exact) mass is 374 g/mol. The van der Waals surface area contributed by atoms with Crippen molar-refractivity contribution in [3.63, 3.8) is 0 Å². The Hall–Kier alpha value is -2.08. The molecule has 0 bridgehead atoms. The Morgan fingerprint density at radius 1 is 1.33 bits per heavy atom. The molecule has 150 valence electrons. The molecule has 0 radical (unpaired) electrons. The van der Waals surface area contributed by atoms with Crippen molar-refractivity contribution in [2.45, 2.75) is 65.1 Å². The van der Waals surface area contributed by atoms with E-state index < -0.39 is 0 Å². The number of aliphatic imine (C=N–C) groups is 1. The van der Waals surface area contributed by atoms with E-state index in [4.69, 9.17) is 4.74 Å². The van der Waals surface area contributed by atoms with Crippen LogP contribution in [-0.2, 0) is 11.3 Å². The highest BCUT2D eigenvalue weighted by atomic mass is 16.5. The number of rotatable bonds is 8. The van der Waals surface area contributed by atoms with Crippen LogP contribution >= 0.6 is 0 Å². The number of hydrogen-bond donors (Lipinski definition) is 3. The third-order valence-electron chi connectivity index (χ3n) is 4.87. The summed E-state index contributed by atoms with van der Waals surface area (Å²) in [7, 11) is 0. The first-order chi connectivity index (χ1) is 13.0. The molecule has 3 N–H and O–H groups in total. The predicted octanol–water partition coefficient (Wildman–Crippen LogP) is 2.84. The molecule has 6 nitrogen and oxygen atoms in total. The molecular formula is C21H34N4O2. The van der Waals surface area contributed by atoms with Gasteiger partial charge in [0, 0.05) is 31.3 Å². The summed E-state index contributed by atoms with van der Waals surface area (Å²) in [4.78, 5) is 17.0. The zero-order valence-electron chi connectivity index (χ0n) is 17.1. The van der Waals surface area contributed by atoms with Crippen molar-refractivity contribution in [3.05, 3.63) is 35.4 Å². The van der Waals surface area contributed by atoms with Crippen LogP contribution in [0.4, 0.5) is 0 Å². The minimum Gasteiger partial charge on any atom is -0.373 e. The quantitative estimate of drug-likeness (QED) is 0.483. The van der Waals surface area contributed by atoms with E-state index in [1.807, 2.05) is 38.1 Å². The summed E-state index contributed by atoms with van der Waals surface area (Å²) < 4.78 is 5.82. The normalized spacial score (nSPS) is 21.0. The highest BCUT2D eigenvalue weighted by Gasteiger charge is 2.29. The van der Waals surface area contributed by atoms with Gasteiger partial charge in [0.05, 0.1) is 12.1 Å². The van der Waals surface area contributed by atoms with Gasteiger partial charge in [-0.1, -0.05) is 19.1 Å².